The molecule has 0 aliphatic carbocycles. The first-order valence-electron chi connectivity index (χ1n) is 7.40. The van der Waals surface area contributed by atoms with Gasteiger partial charge in [-0.25, -0.2) is 0 Å². The molecule has 5 heteroatoms. The SMILES string of the molecule is COC(=O)C(C)CN(CC(C)C)C(=O)c1ccccc1OC. The van der Waals surface area contributed by atoms with Gasteiger partial charge in [-0.2, -0.15) is 0 Å². The van der Waals surface area contributed by atoms with Gasteiger partial charge in [0.05, 0.1) is 25.7 Å². The maximum atomic E-state index is 12.8. The molecule has 1 unspecified atom stereocenters. The van der Waals surface area contributed by atoms with E-state index in [0.717, 1.165) is 0 Å². The maximum absolute atomic E-state index is 12.8. The van der Waals surface area contributed by atoms with Crippen LogP contribution in [-0.2, 0) is 9.53 Å². The number of carbonyl (C=O) groups is 2. The zero-order chi connectivity index (χ0) is 16.7. The van der Waals surface area contributed by atoms with Crippen molar-refractivity contribution in [2.75, 3.05) is 27.3 Å². The van der Waals surface area contributed by atoms with Gasteiger partial charge in [0.25, 0.3) is 5.91 Å². The summed E-state index contributed by atoms with van der Waals surface area (Å²) in [7, 11) is 2.89. The zero-order valence-corrected chi connectivity index (χ0v) is 14.0. The smallest absolute Gasteiger partial charge is 0.310 e. The van der Waals surface area contributed by atoms with E-state index in [9.17, 15) is 9.59 Å². The summed E-state index contributed by atoms with van der Waals surface area (Å²) in [6, 6.07) is 7.11. The molecule has 0 radical (unpaired) electrons. The standard InChI is InChI=1S/C17H25NO4/c1-12(2)10-18(11-13(3)17(20)22-5)16(19)14-8-6-7-9-15(14)21-4/h6-9,12-13H,10-11H2,1-5H3. The van der Waals surface area contributed by atoms with Crippen LogP contribution in [0.5, 0.6) is 5.75 Å². The molecule has 0 saturated carbocycles. The topological polar surface area (TPSA) is 55.8 Å². The molecule has 22 heavy (non-hydrogen) atoms. The second-order valence-corrected chi connectivity index (χ2v) is 5.73. The molecule has 122 valence electrons. The number of amides is 1. The highest BCUT2D eigenvalue weighted by Gasteiger charge is 2.24. The van der Waals surface area contributed by atoms with E-state index in [1.807, 2.05) is 19.9 Å². The fourth-order valence-corrected chi connectivity index (χ4v) is 2.28. The Hall–Kier alpha value is -2.04. The lowest BCUT2D eigenvalue weighted by Crippen LogP contribution is -2.39. The number of ether oxygens (including phenoxy) is 2. The highest BCUT2D eigenvalue weighted by molar-refractivity contribution is 5.97. The van der Waals surface area contributed by atoms with Crippen molar-refractivity contribution in [3.8, 4) is 5.75 Å². The Bertz CT molecular complexity index is 513. The number of esters is 1. The van der Waals surface area contributed by atoms with Gasteiger partial charge in [0.1, 0.15) is 5.75 Å². The Kier molecular flexibility index (Phi) is 6.89. The fourth-order valence-electron chi connectivity index (χ4n) is 2.28. The van der Waals surface area contributed by atoms with Crippen LogP contribution in [-0.4, -0.2) is 44.1 Å². The Morgan fingerprint density at radius 1 is 1.09 bits per heavy atom. The average molecular weight is 307 g/mol. The summed E-state index contributed by atoms with van der Waals surface area (Å²) in [4.78, 5) is 26.1. The molecule has 1 amide bonds. The highest BCUT2D eigenvalue weighted by atomic mass is 16.5. The first-order valence-corrected chi connectivity index (χ1v) is 7.40. The molecule has 0 heterocycles. The van der Waals surface area contributed by atoms with Crippen molar-refractivity contribution in [2.24, 2.45) is 11.8 Å². The van der Waals surface area contributed by atoms with Crippen LogP contribution >= 0.6 is 0 Å². The van der Waals surface area contributed by atoms with Crippen LogP contribution in [0.1, 0.15) is 31.1 Å². The number of benzene rings is 1. The van der Waals surface area contributed by atoms with Gasteiger partial charge in [-0.05, 0) is 18.1 Å². The molecule has 1 aromatic carbocycles. The van der Waals surface area contributed by atoms with Crippen molar-refractivity contribution in [3.05, 3.63) is 29.8 Å². The summed E-state index contributed by atoms with van der Waals surface area (Å²) in [6.07, 6.45) is 0. The number of para-hydroxylation sites is 1. The van der Waals surface area contributed by atoms with Gasteiger partial charge in [-0.1, -0.05) is 32.9 Å². The van der Waals surface area contributed by atoms with E-state index < -0.39 is 0 Å². The molecule has 0 N–H and O–H groups in total. The lowest BCUT2D eigenvalue weighted by atomic mass is 10.1. The van der Waals surface area contributed by atoms with E-state index in [0.29, 0.717) is 30.3 Å². The van der Waals surface area contributed by atoms with Gasteiger partial charge in [-0.3, -0.25) is 9.59 Å². The minimum absolute atomic E-state index is 0.137. The van der Waals surface area contributed by atoms with E-state index in [1.165, 1.54) is 14.2 Å². The Labute approximate surface area is 132 Å². The van der Waals surface area contributed by atoms with E-state index in [1.54, 1.807) is 30.0 Å². The Morgan fingerprint density at radius 3 is 2.27 bits per heavy atom. The number of methoxy groups -OCH3 is 2. The molecule has 0 aliphatic rings. The fraction of sp³-hybridized carbons (Fsp3) is 0.529. The molecule has 0 aromatic heterocycles. The minimum atomic E-state index is -0.373. The molecule has 0 aliphatic heterocycles. The maximum Gasteiger partial charge on any atom is 0.310 e. The van der Waals surface area contributed by atoms with Gasteiger partial charge in [0, 0.05) is 13.1 Å². The van der Waals surface area contributed by atoms with Crippen LogP contribution in [0, 0.1) is 11.8 Å². The number of hydrogen-bond donors (Lipinski definition) is 0. The summed E-state index contributed by atoms with van der Waals surface area (Å²) >= 11 is 0. The second kappa shape index (κ2) is 8.41. The largest absolute Gasteiger partial charge is 0.496 e. The predicted molar refractivity (Wildman–Crippen MR) is 84.9 cm³/mol. The molecule has 1 rings (SSSR count). The molecular weight excluding hydrogens is 282 g/mol. The first-order chi connectivity index (χ1) is 10.4. The summed E-state index contributed by atoms with van der Waals surface area (Å²) in [5, 5.41) is 0. The number of nitrogens with zero attached hydrogens (tertiary/aromatic N) is 1. The van der Waals surface area contributed by atoms with E-state index in [2.05, 4.69) is 0 Å². The third kappa shape index (κ3) is 4.76. The highest BCUT2D eigenvalue weighted by Crippen LogP contribution is 2.20. The summed E-state index contributed by atoms with van der Waals surface area (Å²) in [5.74, 6) is 0.00127. The van der Waals surface area contributed by atoms with Crippen molar-refractivity contribution in [2.45, 2.75) is 20.8 Å². The molecule has 0 saturated heterocycles. The quantitative estimate of drug-likeness (QED) is 0.727. The number of hydrogen-bond acceptors (Lipinski definition) is 4. The van der Waals surface area contributed by atoms with Crippen molar-refractivity contribution in [1.29, 1.82) is 0 Å². The van der Waals surface area contributed by atoms with Crippen LogP contribution in [0.25, 0.3) is 0 Å². The minimum Gasteiger partial charge on any atom is -0.496 e. The molecule has 1 atom stereocenters. The summed E-state index contributed by atoms with van der Waals surface area (Å²) in [6.45, 7) is 6.71. The van der Waals surface area contributed by atoms with Crippen molar-refractivity contribution >= 4 is 11.9 Å². The Morgan fingerprint density at radius 2 is 1.73 bits per heavy atom. The van der Waals surface area contributed by atoms with Crippen LogP contribution in [0.4, 0.5) is 0 Å². The lowest BCUT2D eigenvalue weighted by Gasteiger charge is -2.27. The van der Waals surface area contributed by atoms with Gasteiger partial charge < -0.3 is 14.4 Å². The third-order valence-corrected chi connectivity index (χ3v) is 3.31. The molecule has 0 fully saturated rings. The van der Waals surface area contributed by atoms with E-state index >= 15 is 0 Å². The molecule has 0 bridgehead atoms. The molecule has 1 aromatic rings. The predicted octanol–water partition coefficient (Wildman–Crippen LogP) is 2.60. The number of carbonyl (C=O) groups excluding carboxylic acids is 2. The normalized spacial score (nSPS) is 11.9. The number of rotatable bonds is 7. The van der Waals surface area contributed by atoms with Crippen molar-refractivity contribution < 1.29 is 19.1 Å². The van der Waals surface area contributed by atoms with Crippen LogP contribution in [0.15, 0.2) is 24.3 Å². The zero-order valence-electron chi connectivity index (χ0n) is 14.0. The molecule has 5 nitrogen and oxygen atoms in total. The van der Waals surface area contributed by atoms with Crippen molar-refractivity contribution in [3.63, 3.8) is 0 Å². The summed E-state index contributed by atoms with van der Waals surface area (Å²) < 4.78 is 10.0. The van der Waals surface area contributed by atoms with E-state index in [4.69, 9.17) is 9.47 Å². The van der Waals surface area contributed by atoms with Crippen LogP contribution in [0.2, 0.25) is 0 Å². The second-order valence-electron chi connectivity index (χ2n) is 5.73. The van der Waals surface area contributed by atoms with Gasteiger partial charge in [0.2, 0.25) is 0 Å². The molecule has 0 spiro atoms. The van der Waals surface area contributed by atoms with Gasteiger partial charge >= 0.3 is 5.97 Å². The first kappa shape index (κ1) is 18.0. The van der Waals surface area contributed by atoms with Crippen LogP contribution < -0.4 is 4.74 Å². The van der Waals surface area contributed by atoms with Crippen LogP contribution in [0.3, 0.4) is 0 Å². The third-order valence-electron chi connectivity index (χ3n) is 3.31. The van der Waals surface area contributed by atoms with Gasteiger partial charge in [0.15, 0.2) is 0 Å². The monoisotopic (exact) mass is 307 g/mol. The average Bonchev–Trinajstić information content (AvgIpc) is 2.52. The van der Waals surface area contributed by atoms with E-state index in [-0.39, 0.29) is 17.8 Å². The Balaban J connectivity index is 3.00. The van der Waals surface area contributed by atoms with Crippen molar-refractivity contribution in [1.82, 2.24) is 4.90 Å². The summed E-state index contributed by atoms with van der Waals surface area (Å²) in [5.41, 5.74) is 0.503. The van der Waals surface area contributed by atoms with Gasteiger partial charge in [-0.15, -0.1) is 0 Å². The lowest BCUT2D eigenvalue weighted by molar-refractivity contribution is -0.145. The molecular formula is C17H25NO4.